The van der Waals surface area contributed by atoms with E-state index in [1.807, 2.05) is 0 Å². The minimum atomic E-state index is -4.77. The van der Waals surface area contributed by atoms with E-state index in [0.717, 1.165) is 12.1 Å². The molecule has 0 N–H and O–H groups in total. The number of aromatic nitrogens is 4. The van der Waals surface area contributed by atoms with Gasteiger partial charge in [0, 0.05) is 18.0 Å². The highest BCUT2D eigenvalue weighted by molar-refractivity contribution is 5.80. The zero-order valence-electron chi connectivity index (χ0n) is 13.5. The molecule has 0 radical (unpaired) electrons. The molecule has 27 heavy (non-hydrogen) atoms. The molecule has 5 nitrogen and oxygen atoms in total. The molecule has 0 aliphatic carbocycles. The quantitative estimate of drug-likeness (QED) is 0.486. The normalized spacial score (nSPS) is 11.7. The van der Waals surface area contributed by atoms with Crippen LogP contribution in [0.5, 0.6) is 0 Å². The van der Waals surface area contributed by atoms with Crippen molar-refractivity contribution in [3.63, 3.8) is 0 Å². The van der Waals surface area contributed by atoms with E-state index < -0.39 is 17.8 Å². The minimum Gasteiger partial charge on any atom is -0.350 e. The first-order valence-corrected chi connectivity index (χ1v) is 7.72. The number of pyridine rings is 1. The third-order valence-electron chi connectivity index (χ3n) is 3.82. The molecule has 3 aromatic heterocycles. The Bertz CT molecular complexity index is 1070. The molecule has 3 heterocycles. The molecule has 0 atom stereocenters. The summed E-state index contributed by atoms with van der Waals surface area (Å²) >= 11 is 0. The van der Waals surface area contributed by atoms with Crippen molar-refractivity contribution in [2.75, 3.05) is 0 Å². The summed E-state index contributed by atoms with van der Waals surface area (Å²) in [6.45, 7) is 0. The molecule has 9 heteroatoms. The minimum absolute atomic E-state index is 0.00792. The second-order valence-corrected chi connectivity index (χ2v) is 5.59. The van der Waals surface area contributed by atoms with Crippen LogP contribution in [0.1, 0.15) is 5.76 Å². The number of hydrogen-bond acceptors (Lipinski definition) is 4. The summed E-state index contributed by atoms with van der Waals surface area (Å²) in [6.07, 6.45) is -0.467. The number of halogens is 4. The van der Waals surface area contributed by atoms with E-state index in [-0.39, 0.29) is 22.5 Å². The smallest absolute Gasteiger partial charge is 0.350 e. The van der Waals surface area contributed by atoms with E-state index in [4.69, 9.17) is 0 Å². The predicted molar refractivity (Wildman–Crippen MR) is 87.3 cm³/mol. The Morgan fingerprint density at radius 2 is 1.74 bits per heavy atom. The fourth-order valence-electron chi connectivity index (χ4n) is 2.61. The summed E-state index contributed by atoms with van der Waals surface area (Å²) in [5, 5.41) is 3.56. The van der Waals surface area contributed by atoms with Gasteiger partial charge in [0.1, 0.15) is 23.7 Å². The van der Waals surface area contributed by atoms with Crippen molar-refractivity contribution in [1.82, 2.24) is 19.7 Å². The first-order chi connectivity index (χ1) is 12.9. The molecule has 4 rings (SSSR count). The number of imidazole rings is 1. The van der Waals surface area contributed by atoms with E-state index in [2.05, 4.69) is 19.6 Å². The van der Waals surface area contributed by atoms with Crippen LogP contribution in [-0.2, 0) is 6.18 Å². The van der Waals surface area contributed by atoms with Gasteiger partial charge < -0.3 is 4.52 Å². The topological polar surface area (TPSA) is 56.7 Å². The van der Waals surface area contributed by atoms with Crippen molar-refractivity contribution < 1.29 is 22.1 Å². The van der Waals surface area contributed by atoms with E-state index in [1.165, 1.54) is 29.2 Å². The van der Waals surface area contributed by atoms with Crippen LogP contribution in [0.3, 0.4) is 0 Å². The van der Waals surface area contributed by atoms with E-state index in [1.54, 1.807) is 24.4 Å². The molecule has 0 saturated carbocycles. The zero-order valence-corrected chi connectivity index (χ0v) is 13.5. The van der Waals surface area contributed by atoms with Crippen molar-refractivity contribution in [2.24, 2.45) is 0 Å². The maximum Gasteiger partial charge on any atom is 0.453 e. The number of rotatable bonds is 3. The molecule has 0 aliphatic heterocycles. The fraction of sp³-hybridized carbons (Fsp3) is 0.0556. The van der Waals surface area contributed by atoms with Crippen molar-refractivity contribution in [3.8, 4) is 28.3 Å². The lowest BCUT2D eigenvalue weighted by molar-refractivity contribution is -0.154. The zero-order chi connectivity index (χ0) is 19.0. The largest absolute Gasteiger partial charge is 0.453 e. The van der Waals surface area contributed by atoms with E-state index in [0.29, 0.717) is 5.82 Å². The van der Waals surface area contributed by atoms with Crippen LogP contribution < -0.4 is 0 Å². The maximum absolute atomic E-state index is 13.4. The monoisotopic (exact) mass is 374 g/mol. The lowest BCUT2D eigenvalue weighted by Crippen LogP contribution is -2.05. The molecule has 136 valence electrons. The van der Waals surface area contributed by atoms with Crippen LogP contribution in [0.2, 0.25) is 0 Å². The van der Waals surface area contributed by atoms with Crippen LogP contribution in [0, 0.1) is 5.82 Å². The van der Waals surface area contributed by atoms with Crippen LogP contribution in [0.4, 0.5) is 17.6 Å². The third-order valence-corrected chi connectivity index (χ3v) is 3.82. The van der Waals surface area contributed by atoms with Crippen molar-refractivity contribution in [3.05, 3.63) is 72.8 Å². The first-order valence-electron chi connectivity index (χ1n) is 7.72. The van der Waals surface area contributed by atoms with Gasteiger partial charge in [-0.1, -0.05) is 11.2 Å². The second-order valence-electron chi connectivity index (χ2n) is 5.59. The highest BCUT2D eigenvalue weighted by Gasteiger charge is 2.41. The van der Waals surface area contributed by atoms with Gasteiger partial charge in [0.25, 0.3) is 0 Å². The van der Waals surface area contributed by atoms with Crippen LogP contribution in [0.25, 0.3) is 28.3 Å². The Morgan fingerprint density at radius 3 is 2.41 bits per heavy atom. The van der Waals surface area contributed by atoms with Crippen molar-refractivity contribution in [2.45, 2.75) is 6.18 Å². The Morgan fingerprint density at radius 1 is 0.963 bits per heavy atom. The molecule has 0 bridgehead atoms. The predicted octanol–water partition coefficient (Wildman–Crippen LogP) is 4.75. The Balaban J connectivity index is 1.87. The highest BCUT2D eigenvalue weighted by Crippen LogP contribution is 2.42. The standard InChI is InChI=1S/C18H10F4N4O/c19-12-6-4-11(5-7-12)16-15(17(27-25-16)18(20,21)22)13-9-26(10-24-13)14-3-1-2-8-23-14/h1-10H. The summed E-state index contributed by atoms with van der Waals surface area (Å²) in [4.78, 5) is 8.19. The second kappa shape index (κ2) is 6.35. The van der Waals surface area contributed by atoms with Gasteiger partial charge in [-0.3, -0.25) is 4.57 Å². The van der Waals surface area contributed by atoms with Gasteiger partial charge in [-0.2, -0.15) is 13.2 Å². The first kappa shape index (κ1) is 17.0. The number of alkyl halides is 3. The maximum atomic E-state index is 13.4. The molecular formula is C18H10F4N4O. The van der Waals surface area contributed by atoms with Crippen LogP contribution in [0.15, 0.2) is 65.7 Å². The van der Waals surface area contributed by atoms with Crippen molar-refractivity contribution >= 4 is 0 Å². The SMILES string of the molecule is Fc1ccc(-c2noc(C(F)(F)F)c2-c2cn(-c3ccccn3)cn2)cc1. The average Bonchev–Trinajstić information content (AvgIpc) is 3.30. The van der Waals surface area contributed by atoms with Gasteiger partial charge in [0.15, 0.2) is 0 Å². The Kier molecular flexibility index (Phi) is 3.98. The van der Waals surface area contributed by atoms with Gasteiger partial charge in [-0.05, 0) is 36.4 Å². The number of benzene rings is 1. The molecule has 0 aliphatic rings. The van der Waals surface area contributed by atoms with Gasteiger partial charge in [-0.15, -0.1) is 0 Å². The summed E-state index contributed by atoms with van der Waals surface area (Å²) in [6, 6.07) is 10.1. The molecule has 0 amide bonds. The van der Waals surface area contributed by atoms with Crippen LogP contribution in [-0.4, -0.2) is 19.7 Å². The average molecular weight is 374 g/mol. The summed E-state index contributed by atoms with van der Waals surface area (Å²) in [5.41, 5.74) is -0.107. The van der Waals surface area contributed by atoms with Crippen LogP contribution >= 0.6 is 0 Å². The van der Waals surface area contributed by atoms with E-state index >= 15 is 0 Å². The van der Waals surface area contributed by atoms with Gasteiger partial charge in [-0.25, -0.2) is 14.4 Å². The third kappa shape index (κ3) is 3.19. The number of hydrogen-bond donors (Lipinski definition) is 0. The molecule has 0 saturated heterocycles. The molecule has 0 spiro atoms. The molecular weight excluding hydrogens is 364 g/mol. The molecule has 0 fully saturated rings. The lowest BCUT2D eigenvalue weighted by atomic mass is 10.0. The van der Waals surface area contributed by atoms with E-state index in [9.17, 15) is 17.6 Å². The summed E-state index contributed by atoms with van der Waals surface area (Å²) in [5.74, 6) is -1.29. The highest BCUT2D eigenvalue weighted by atomic mass is 19.4. The Hall–Kier alpha value is -3.49. The molecule has 0 unspecified atom stereocenters. The van der Waals surface area contributed by atoms with Gasteiger partial charge in [0.2, 0.25) is 5.76 Å². The summed E-state index contributed by atoms with van der Waals surface area (Å²) in [7, 11) is 0. The van der Waals surface area contributed by atoms with Gasteiger partial charge in [0.05, 0.1) is 11.3 Å². The van der Waals surface area contributed by atoms with Gasteiger partial charge >= 0.3 is 6.18 Å². The Labute approximate surface area is 149 Å². The lowest BCUT2D eigenvalue weighted by Gasteiger charge is -2.05. The fourth-order valence-corrected chi connectivity index (χ4v) is 2.61. The molecule has 4 aromatic rings. The van der Waals surface area contributed by atoms with Crippen molar-refractivity contribution in [1.29, 1.82) is 0 Å². The number of nitrogens with zero attached hydrogens (tertiary/aromatic N) is 4. The summed E-state index contributed by atoms with van der Waals surface area (Å²) < 4.78 is 59.5. The molecule has 1 aromatic carbocycles.